The average Bonchev–Trinajstić information content (AvgIpc) is 3.31. The SMILES string of the molecule is C=CCC1/C=C(\C)C(F)C(C)CC(OC)C2OC(O)(C(=O)C(=O)N3CCCCC3C(=O)OC(C(C)=CC3CCC(N)C(OCC=Cc4ccc(O)cc4)C3)C(C)CCC1=O)C(C)CC2OC. The number of halogens is 1. The Bertz CT molecular complexity index is 1920. The van der Waals surface area contributed by atoms with Gasteiger partial charge in [-0.3, -0.25) is 14.4 Å². The number of aliphatic hydroxyl groups is 1. The number of amides is 1. The zero-order valence-corrected chi connectivity index (χ0v) is 40.1. The molecule has 1 aromatic rings. The normalized spacial score (nSPS) is 37.1. The van der Waals surface area contributed by atoms with Gasteiger partial charge in [0.1, 0.15) is 36.0 Å². The number of carbonyl (C=O) groups is 4. The third-order valence-corrected chi connectivity index (χ3v) is 14.3. The number of esters is 1. The number of rotatable bonds is 10. The molecule has 0 radical (unpaired) electrons. The van der Waals surface area contributed by atoms with Gasteiger partial charge < -0.3 is 44.5 Å². The Hall–Kier alpha value is -4.05. The van der Waals surface area contributed by atoms with E-state index in [-0.39, 0.29) is 67.7 Å². The molecule has 2 bridgehead atoms. The van der Waals surface area contributed by atoms with Gasteiger partial charge in [-0.1, -0.05) is 63.3 Å². The number of nitrogens with zero attached hydrogens (tertiary/aromatic N) is 1. The Morgan fingerprint density at radius 1 is 0.970 bits per heavy atom. The number of hydrogen-bond acceptors (Lipinski definition) is 12. The minimum absolute atomic E-state index is 0.0394. The van der Waals surface area contributed by atoms with E-state index in [1.165, 1.54) is 19.1 Å². The molecule has 1 aromatic carbocycles. The molecule has 66 heavy (non-hydrogen) atoms. The first kappa shape index (κ1) is 52.9. The van der Waals surface area contributed by atoms with Crippen LogP contribution in [0.4, 0.5) is 4.39 Å². The summed E-state index contributed by atoms with van der Waals surface area (Å²) in [6.07, 6.45) is 8.69. The van der Waals surface area contributed by atoms with Gasteiger partial charge in [0.15, 0.2) is 0 Å². The van der Waals surface area contributed by atoms with Gasteiger partial charge in [0.25, 0.3) is 11.7 Å². The second-order valence-electron chi connectivity index (χ2n) is 19.3. The number of methoxy groups -OCH3 is 2. The summed E-state index contributed by atoms with van der Waals surface area (Å²) < 4.78 is 46.9. The van der Waals surface area contributed by atoms with E-state index in [0.717, 1.165) is 17.6 Å². The van der Waals surface area contributed by atoms with Crippen molar-refractivity contribution in [3.05, 3.63) is 71.9 Å². The first-order chi connectivity index (χ1) is 31.4. The Kier molecular flexibility index (Phi) is 19.5. The largest absolute Gasteiger partial charge is 0.508 e. The third-order valence-electron chi connectivity index (χ3n) is 14.3. The van der Waals surface area contributed by atoms with E-state index < -0.39 is 77.8 Å². The van der Waals surface area contributed by atoms with Gasteiger partial charge in [-0.25, -0.2) is 9.18 Å². The van der Waals surface area contributed by atoms with Gasteiger partial charge in [0.2, 0.25) is 5.79 Å². The Labute approximate surface area is 391 Å². The number of benzene rings is 1. The number of aromatic hydroxyl groups is 1. The summed E-state index contributed by atoms with van der Waals surface area (Å²) >= 11 is 0. The molecule has 14 atom stereocenters. The van der Waals surface area contributed by atoms with Crippen LogP contribution in [0.25, 0.3) is 6.08 Å². The van der Waals surface area contributed by atoms with Crippen LogP contribution in [0.3, 0.4) is 0 Å². The number of hydrogen-bond donors (Lipinski definition) is 3. The summed E-state index contributed by atoms with van der Waals surface area (Å²) in [5, 5.41) is 21.7. The van der Waals surface area contributed by atoms with Crippen molar-refractivity contribution in [2.24, 2.45) is 35.3 Å². The molecule has 366 valence electrons. The maximum Gasteiger partial charge on any atom is 0.329 e. The van der Waals surface area contributed by atoms with E-state index in [0.29, 0.717) is 50.7 Å². The minimum atomic E-state index is -2.59. The van der Waals surface area contributed by atoms with Crippen molar-refractivity contribution in [1.29, 1.82) is 0 Å². The highest BCUT2D eigenvalue weighted by Gasteiger charge is 2.56. The molecule has 14 heteroatoms. The second kappa shape index (κ2) is 24.3. The molecular formula is C52H75FN2O11. The molecule has 1 aliphatic carbocycles. The van der Waals surface area contributed by atoms with Gasteiger partial charge in [-0.15, -0.1) is 6.58 Å². The van der Waals surface area contributed by atoms with Crippen molar-refractivity contribution in [2.75, 3.05) is 27.4 Å². The lowest BCUT2D eigenvalue weighted by Crippen LogP contribution is -2.64. The average molecular weight is 923 g/mol. The van der Waals surface area contributed by atoms with Crippen LogP contribution in [-0.4, -0.2) is 120 Å². The fourth-order valence-corrected chi connectivity index (χ4v) is 10.3. The number of piperidine rings is 1. The number of nitrogens with two attached hydrogens (primary N) is 1. The highest BCUT2D eigenvalue weighted by molar-refractivity contribution is 6.39. The van der Waals surface area contributed by atoms with Crippen LogP contribution in [0.5, 0.6) is 5.75 Å². The highest BCUT2D eigenvalue weighted by atomic mass is 19.1. The van der Waals surface area contributed by atoms with Crippen molar-refractivity contribution < 1.29 is 57.5 Å². The zero-order chi connectivity index (χ0) is 48.3. The van der Waals surface area contributed by atoms with Crippen molar-refractivity contribution in [1.82, 2.24) is 4.90 Å². The molecule has 0 spiro atoms. The van der Waals surface area contributed by atoms with Crippen LogP contribution in [0.2, 0.25) is 0 Å². The summed E-state index contributed by atoms with van der Waals surface area (Å²) in [6, 6.07) is 5.58. The van der Waals surface area contributed by atoms with E-state index >= 15 is 4.39 Å². The maximum absolute atomic E-state index is 16.4. The number of alkyl halides is 1. The first-order valence-corrected chi connectivity index (χ1v) is 23.9. The van der Waals surface area contributed by atoms with Crippen LogP contribution in [0.1, 0.15) is 111 Å². The van der Waals surface area contributed by atoms with Crippen LogP contribution < -0.4 is 5.73 Å². The minimum Gasteiger partial charge on any atom is -0.508 e. The molecule has 0 aromatic heterocycles. The molecule has 3 aliphatic heterocycles. The number of cyclic esters (lactones) is 1. The third kappa shape index (κ3) is 13.1. The lowest BCUT2D eigenvalue weighted by molar-refractivity contribution is -0.302. The molecule has 5 rings (SSSR count). The van der Waals surface area contributed by atoms with Crippen LogP contribution in [0.15, 0.2) is 66.3 Å². The maximum atomic E-state index is 16.4. The van der Waals surface area contributed by atoms with Gasteiger partial charge in [-0.05, 0) is 125 Å². The molecule has 4 aliphatic rings. The number of carbonyl (C=O) groups excluding carboxylic acids is 4. The fourth-order valence-electron chi connectivity index (χ4n) is 10.3. The number of ether oxygens (including phenoxy) is 5. The number of allylic oxidation sites excluding steroid dienone is 4. The van der Waals surface area contributed by atoms with Crippen LogP contribution in [0, 0.1) is 29.6 Å². The Morgan fingerprint density at radius 2 is 1.67 bits per heavy atom. The highest BCUT2D eigenvalue weighted by Crippen LogP contribution is 2.39. The quantitative estimate of drug-likeness (QED) is 0.121. The number of fused-ring (bicyclic) bond motifs is 3. The molecule has 3 heterocycles. The molecule has 3 fully saturated rings. The summed E-state index contributed by atoms with van der Waals surface area (Å²) in [5.41, 5.74) is 8.62. The number of Topliss-reactive ketones (excluding diaryl/α,β-unsaturated/α-hetero) is 2. The monoisotopic (exact) mass is 923 g/mol. The summed E-state index contributed by atoms with van der Waals surface area (Å²) in [7, 11) is 2.91. The first-order valence-electron chi connectivity index (χ1n) is 23.9. The van der Waals surface area contributed by atoms with Crippen molar-refractivity contribution in [3.8, 4) is 5.75 Å². The molecule has 4 N–H and O–H groups in total. The van der Waals surface area contributed by atoms with Gasteiger partial charge >= 0.3 is 5.97 Å². The molecule has 14 unspecified atom stereocenters. The van der Waals surface area contributed by atoms with E-state index in [2.05, 4.69) is 12.7 Å². The fraction of sp³-hybridized carbons (Fsp3) is 0.654. The van der Waals surface area contributed by atoms with E-state index in [1.54, 1.807) is 45.1 Å². The Balaban J connectivity index is 1.46. The molecule has 1 amide bonds. The van der Waals surface area contributed by atoms with Crippen LogP contribution in [-0.2, 0) is 42.9 Å². The predicted molar refractivity (Wildman–Crippen MR) is 250 cm³/mol. The zero-order valence-electron chi connectivity index (χ0n) is 40.1. The second-order valence-corrected chi connectivity index (χ2v) is 19.3. The lowest BCUT2D eigenvalue weighted by Gasteiger charge is -2.47. The topological polar surface area (TPSA) is 184 Å². The van der Waals surface area contributed by atoms with E-state index in [1.807, 2.05) is 38.1 Å². The number of phenols is 1. The standard InChI is InChI=1S/C52H75FN2O11/c1-9-13-38-27-32(3)46(53)33(4)28-44(62-7)48-45(63-8)29-35(6)52(61,66-48)49(58)50(59)55-24-11-10-15-41(55)51(60)65-47(31(2)16-23-42(38)57)34(5)26-37-19-22-40(54)43(30-37)64-25-12-14-36-17-20-39(56)21-18-36/h9,12,14,17-18,20-21,26-27,31,33,35,37-38,40-41,43-48,56,61H,1,10-11,13,15-16,19,22-25,28-30,54H2,2-8H3/b14-12?,32-27+,34-26?. The molecule has 2 saturated heterocycles. The van der Waals surface area contributed by atoms with Crippen molar-refractivity contribution in [3.63, 3.8) is 0 Å². The Morgan fingerprint density at radius 3 is 2.35 bits per heavy atom. The summed E-state index contributed by atoms with van der Waals surface area (Å²) in [5.74, 6) is -7.93. The lowest BCUT2D eigenvalue weighted by atomic mass is 9.81. The van der Waals surface area contributed by atoms with Gasteiger partial charge in [0, 0.05) is 45.1 Å². The smallest absolute Gasteiger partial charge is 0.329 e. The predicted octanol–water partition coefficient (Wildman–Crippen LogP) is 7.37. The van der Waals surface area contributed by atoms with Crippen LogP contribution >= 0.6 is 0 Å². The molecule has 1 saturated carbocycles. The van der Waals surface area contributed by atoms with Gasteiger partial charge in [0.05, 0.1) is 24.9 Å². The van der Waals surface area contributed by atoms with Crippen molar-refractivity contribution >= 4 is 29.5 Å². The summed E-state index contributed by atoms with van der Waals surface area (Å²) in [6.45, 7) is 13.1. The molecule has 13 nitrogen and oxygen atoms in total. The number of ketones is 2. The van der Waals surface area contributed by atoms with E-state index in [9.17, 15) is 29.4 Å². The number of phenolic OH excluding ortho intramolecular Hbond substituents is 1. The molecular weight excluding hydrogens is 848 g/mol. The van der Waals surface area contributed by atoms with Crippen molar-refractivity contribution in [2.45, 2.75) is 160 Å². The summed E-state index contributed by atoms with van der Waals surface area (Å²) in [4.78, 5) is 58.4. The van der Waals surface area contributed by atoms with Gasteiger partial charge in [-0.2, -0.15) is 0 Å². The van der Waals surface area contributed by atoms with E-state index in [4.69, 9.17) is 29.4 Å².